The Labute approximate surface area is 185 Å². The first-order valence-corrected chi connectivity index (χ1v) is 11.3. The molecule has 2 aromatic carbocycles. The molecule has 3 aromatic rings. The predicted octanol–water partition coefficient (Wildman–Crippen LogP) is 0.393. The van der Waals surface area contributed by atoms with Crippen LogP contribution in [0.4, 0.5) is 5.69 Å². The highest BCUT2D eigenvalue weighted by atomic mass is 15.6. The molecule has 1 fully saturated rings. The van der Waals surface area contributed by atoms with E-state index >= 15 is 0 Å². The van der Waals surface area contributed by atoms with Gasteiger partial charge < -0.3 is 14.7 Å². The smallest absolute Gasteiger partial charge is 0.214 e. The first kappa shape index (κ1) is 21.5. The number of rotatable bonds is 7. The molecule has 0 bridgehead atoms. The summed E-state index contributed by atoms with van der Waals surface area (Å²) in [5.41, 5.74) is 3.91. The molecule has 0 unspecified atom stereocenters. The lowest BCUT2D eigenvalue weighted by Crippen LogP contribution is -3.27. The third-order valence-corrected chi connectivity index (χ3v) is 6.31. The summed E-state index contributed by atoms with van der Waals surface area (Å²) >= 11 is 0. The zero-order valence-corrected chi connectivity index (χ0v) is 19.1. The second-order valence-electron chi connectivity index (χ2n) is 9.06. The van der Waals surface area contributed by atoms with Crippen LogP contribution in [0, 0.1) is 0 Å². The molecule has 1 aliphatic rings. The monoisotopic (exact) mass is 421 g/mol. The van der Waals surface area contributed by atoms with E-state index in [-0.39, 0.29) is 12.1 Å². The standard InChI is InChI=1S/C24H33N7/c1-19(2)31-24(25-26-27-31)23(21-10-12-22(13-11-21)28(3)4)30-16-14-29(15-17-30)18-20-8-6-5-7-9-20/h5-13,19,23H,14-18H2,1-4H3/p+2/t23-/m0/s1. The van der Waals surface area contributed by atoms with Crippen molar-refractivity contribution in [2.24, 2.45) is 0 Å². The van der Waals surface area contributed by atoms with E-state index in [1.165, 1.54) is 16.8 Å². The zero-order chi connectivity index (χ0) is 21.8. The minimum atomic E-state index is 0.145. The molecule has 1 aliphatic heterocycles. The van der Waals surface area contributed by atoms with Crippen LogP contribution in [0.25, 0.3) is 0 Å². The van der Waals surface area contributed by atoms with Crippen LogP contribution < -0.4 is 14.7 Å². The fourth-order valence-electron chi connectivity index (χ4n) is 4.57. The van der Waals surface area contributed by atoms with E-state index in [1.807, 2.05) is 4.68 Å². The Morgan fingerprint density at radius 3 is 2.23 bits per heavy atom. The fourth-order valence-corrected chi connectivity index (χ4v) is 4.57. The van der Waals surface area contributed by atoms with Gasteiger partial charge in [-0.15, -0.1) is 5.10 Å². The van der Waals surface area contributed by atoms with E-state index in [4.69, 9.17) is 0 Å². The Kier molecular flexibility index (Phi) is 6.63. The molecule has 31 heavy (non-hydrogen) atoms. The summed E-state index contributed by atoms with van der Waals surface area (Å²) in [5.74, 6) is 0.967. The van der Waals surface area contributed by atoms with Crippen LogP contribution in [0.5, 0.6) is 0 Å². The van der Waals surface area contributed by atoms with Crippen molar-refractivity contribution >= 4 is 5.69 Å². The first-order valence-electron chi connectivity index (χ1n) is 11.3. The second kappa shape index (κ2) is 9.58. The van der Waals surface area contributed by atoms with Gasteiger partial charge in [-0.2, -0.15) is 0 Å². The molecule has 0 spiro atoms. The van der Waals surface area contributed by atoms with E-state index in [2.05, 4.69) is 103 Å². The van der Waals surface area contributed by atoms with Gasteiger partial charge in [0.15, 0.2) is 6.04 Å². The number of aromatic nitrogens is 4. The lowest BCUT2D eigenvalue weighted by molar-refractivity contribution is -1.03. The van der Waals surface area contributed by atoms with Gasteiger partial charge in [-0.1, -0.05) is 42.5 Å². The highest BCUT2D eigenvalue weighted by molar-refractivity contribution is 5.46. The molecule has 0 aliphatic carbocycles. The molecule has 1 saturated heterocycles. The average molecular weight is 422 g/mol. The summed E-state index contributed by atoms with van der Waals surface area (Å²) in [6.07, 6.45) is 0. The van der Waals surface area contributed by atoms with Crippen LogP contribution in [-0.2, 0) is 6.54 Å². The summed E-state index contributed by atoms with van der Waals surface area (Å²) in [7, 11) is 4.15. The highest BCUT2D eigenvalue weighted by Gasteiger charge is 2.36. The van der Waals surface area contributed by atoms with E-state index < -0.39 is 0 Å². The number of tetrazole rings is 1. The van der Waals surface area contributed by atoms with Gasteiger partial charge in [0.1, 0.15) is 32.7 Å². The van der Waals surface area contributed by atoms with Gasteiger partial charge in [-0.05, 0) is 36.4 Å². The fraction of sp³-hybridized carbons (Fsp3) is 0.458. The molecule has 0 amide bonds. The molecule has 7 heteroatoms. The molecular weight excluding hydrogens is 386 g/mol. The van der Waals surface area contributed by atoms with Gasteiger partial charge in [0, 0.05) is 30.9 Å². The normalized spacial score (nSPS) is 20.0. The van der Waals surface area contributed by atoms with Gasteiger partial charge in [0.05, 0.1) is 6.04 Å². The third kappa shape index (κ3) is 4.94. The van der Waals surface area contributed by atoms with Crippen LogP contribution in [0.1, 0.15) is 42.9 Å². The molecule has 0 radical (unpaired) electrons. The van der Waals surface area contributed by atoms with Crippen molar-refractivity contribution in [2.75, 3.05) is 45.2 Å². The van der Waals surface area contributed by atoms with E-state index in [0.717, 1.165) is 38.5 Å². The van der Waals surface area contributed by atoms with Gasteiger partial charge in [0.2, 0.25) is 5.82 Å². The van der Waals surface area contributed by atoms with E-state index in [1.54, 1.807) is 9.80 Å². The Balaban J connectivity index is 1.56. The SMILES string of the molecule is CC(C)n1nnnc1[C@H](c1ccc(N(C)C)cc1)[NH+]1CC[NH+](Cc2ccccc2)CC1. The Hall–Kier alpha value is -2.77. The van der Waals surface area contributed by atoms with Gasteiger partial charge in [-0.3, -0.25) is 0 Å². The van der Waals surface area contributed by atoms with Crippen molar-refractivity contribution in [2.45, 2.75) is 32.5 Å². The summed E-state index contributed by atoms with van der Waals surface area (Å²) in [6, 6.07) is 20.1. The molecule has 4 rings (SSSR count). The number of anilines is 1. The Bertz CT molecular complexity index is 942. The summed E-state index contributed by atoms with van der Waals surface area (Å²) in [4.78, 5) is 5.33. The summed E-state index contributed by atoms with van der Waals surface area (Å²) in [5, 5.41) is 12.8. The number of nitrogens with one attached hydrogen (secondary N) is 2. The Morgan fingerprint density at radius 2 is 1.61 bits per heavy atom. The zero-order valence-electron chi connectivity index (χ0n) is 19.1. The van der Waals surface area contributed by atoms with Crippen molar-refractivity contribution in [3.63, 3.8) is 0 Å². The maximum absolute atomic E-state index is 4.50. The van der Waals surface area contributed by atoms with Gasteiger partial charge in [-0.25, -0.2) is 4.68 Å². The number of piperazine rings is 1. The van der Waals surface area contributed by atoms with Crippen molar-refractivity contribution in [3.05, 3.63) is 71.5 Å². The van der Waals surface area contributed by atoms with Crippen molar-refractivity contribution in [1.29, 1.82) is 0 Å². The van der Waals surface area contributed by atoms with Crippen LogP contribution in [0.2, 0.25) is 0 Å². The molecule has 7 nitrogen and oxygen atoms in total. The van der Waals surface area contributed by atoms with Crippen LogP contribution in [-0.4, -0.2) is 60.5 Å². The van der Waals surface area contributed by atoms with Crippen molar-refractivity contribution in [3.8, 4) is 0 Å². The van der Waals surface area contributed by atoms with Gasteiger partial charge >= 0.3 is 0 Å². The third-order valence-electron chi connectivity index (χ3n) is 6.31. The number of quaternary nitrogens is 2. The molecule has 0 saturated carbocycles. The number of benzene rings is 2. The largest absolute Gasteiger partial charge is 0.378 e. The molecule has 164 valence electrons. The molecule has 2 heterocycles. The molecular formula is C24H35N7+2. The van der Waals surface area contributed by atoms with Crippen LogP contribution in [0.15, 0.2) is 54.6 Å². The quantitative estimate of drug-likeness (QED) is 0.580. The maximum atomic E-state index is 4.50. The Morgan fingerprint density at radius 1 is 0.935 bits per heavy atom. The van der Waals surface area contributed by atoms with Crippen molar-refractivity contribution < 1.29 is 9.80 Å². The lowest BCUT2D eigenvalue weighted by Gasteiger charge is -2.34. The minimum absolute atomic E-state index is 0.145. The number of hydrogen-bond donors (Lipinski definition) is 2. The van der Waals surface area contributed by atoms with Gasteiger partial charge in [0.25, 0.3) is 0 Å². The number of nitrogens with zero attached hydrogens (tertiary/aromatic N) is 5. The average Bonchev–Trinajstić information content (AvgIpc) is 3.26. The van der Waals surface area contributed by atoms with E-state index in [9.17, 15) is 0 Å². The van der Waals surface area contributed by atoms with Crippen molar-refractivity contribution in [1.82, 2.24) is 20.2 Å². The molecule has 1 atom stereocenters. The highest BCUT2D eigenvalue weighted by Crippen LogP contribution is 2.22. The summed E-state index contributed by atoms with van der Waals surface area (Å²) < 4.78 is 1.99. The number of hydrogen-bond acceptors (Lipinski definition) is 4. The predicted molar refractivity (Wildman–Crippen MR) is 122 cm³/mol. The molecule has 1 aromatic heterocycles. The second-order valence-corrected chi connectivity index (χ2v) is 9.06. The summed E-state index contributed by atoms with van der Waals surface area (Å²) in [6.45, 7) is 9.90. The molecule has 2 N–H and O–H groups in total. The van der Waals surface area contributed by atoms with Crippen LogP contribution >= 0.6 is 0 Å². The lowest BCUT2D eigenvalue weighted by atomic mass is 10.0. The van der Waals surface area contributed by atoms with E-state index in [0.29, 0.717) is 0 Å². The van der Waals surface area contributed by atoms with Crippen LogP contribution in [0.3, 0.4) is 0 Å². The first-order chi connectivity index (χ1) is 15.0. The topological polar surface area (TPSA) is 55.7 Å². The minimum Gasteiger partial charge on any atom is -0.378 e. The maximum Gasteiger partial charge on any atom is 0.214 e.